The highest BCUT2D eigenvalue weighted by Gasteiger charge is 1.96. The smallest absolute Gasteiger partial charge is 0.0718 e. The topological polar surface area (TPSA) is 39.7 Å². The monoisotopic (exact) mass is 267 g/mol. The molecule has 4 heteroatoms. The number of likely N-dealkylation sites (N-methyl/N-ethyl adjacent to an activating group) is 1. The molecule has 0 aliphatic heterocycles. The number of hydrogen-bond donors (Lipinski definition) is 1. The van der Waals surface area contributed by atoms with Crippen LogP contribution in [0.1, 0.15) is 11.1 Å². The zero-order valence-corrected chi connectivity index (χ0v) is 12.0. The summed E-state index contributed by atoms with van der Waals surface area (Å²) in [6, 6.07) is 8.56. The Bertz CT molecular complexity index is 314. The van der Waals surface area contributed by atoms with Gasteiger partial charge in [-0.3, -0.25) is 0 Å². The maximum Gasteiger partial charge on any atom is 0.0718 e. The van der Waals surface area contributed by atoms with Crippen LogP contribution in [0.15, 0.2) is 24.3 Å². The fraction of sp³-hybridized carbons (Fsp3) is 0.600. The van der Waals surface area contributed by atoms with E-state index in [1.165, 1.54) is 11.1 Å². The summed E-state index contributed by atoms with van der Waals surface area (Å²) in [5.74, 6) is 0. The molecule has 108 valence electrons. The molecular weight excluding hydrogens is 242 g/mol. The van der Waals surface area contributed by atoms with Gasteiger partial charge in [-0.15, -0.1) is 0 Å². The molecule has 4 nitrogen and oxygen atoms in total. The molecule has 1 rings (SSSR count). The van der Waals surface area contributed by atoms with Crippen LogP contribution in [0.2, 0.25) is 0 Å². The Morgan fingerprint density at radius 3 is 2.21 bits per heavy atom. The van der Waals surface area contributed by atoms with Gasteiger partial charge in [0, 0.05) is 7.11 Å². The van der Waals surface area contributed by atoms with Gasteiger partial charge in [0.15, 0.2) is 0 Å². The largest absolute Gasteiger partial charge is 0.382 e. The fourth-order valence-electron chi connectivity index (χ4n) is 1.62. The third-order valence-corrected chi connectivity index (χ3v) is 2.76. The first-order valence-corrected chi connectivity index (χ1v) is 6.73. The molecular formula is C15H25NO3. The number of methoxy groups -OCH3 is 1. The van der Waals surface area contributed by atoms with Crippen molar-refractivity contribution in [3.8, 4) is 0 Å². The minimum absolute atomic E-state index is 0.615. The van der Waals surface area contributed by atoms with Gasteiger partial charge in [0.05, 0.1) is 33.0 Å². The van der Waals surface area contributed by atoms with Crippen LogP contribution in [0, 0.1) is 0 Å². The molecule has 0 heterocycles. The van der Waals surface area contributed by atoms with Gasteiger partial charge in [-0.25, -0.2) is 0 Å². The SMILES string of the molecule is CNCCc1ccc(COCCOCCOC)cc1. The number of nitrogens with one attached hydrogen (secondary N) is 1. The van der Waals surface area contributed by atoms with Gasteiger partial charge >= 0.3 is 0 Å². The molecule has 1 aromatic carbocycles. The number of ether oxygens (including phenoxy) is 3. The molecule has 0 amide bonds. The second kappa shape index (κ2) is 10.9. The first kappa shape index (κ1) is 16.1. The predicted molar refractivity (Wildman–Crippen MR) is 76.4 cm³/mol. The van der Waals surface area contributed by atoms with E-state index in [1.54, 1.807) is 7.11 Å². The quantitative estimate of drug-likeness (QED) is 0.619. The molecule has 0 fully saturated rings. The lowest BCUT2D eigenvalue weighted by molar-refractivity contribution is 0.0199. The van der Waals surface area contributed by atoms with Gasteiger partial charge in [0.25, 0.3) is 0 Å². The highest BCUT2D eigenvalue weighted by molar-refractivity contribution is 5.22. The summed E-state index contributed by atoms with van der Waals surface area (Å²) in [6.07, 6.45) is 1.06. The van der Waals surface area contributed by atoms with E-state index in [2.05, 4.69) is 29.6 Å². The molecule has 0 saturated carbocycles. The summed E-state index contributed by atoms with van der Waals surface area (Å²) in [4.78, 5) is 0. The van der Waals surface area contributed by atoms with Gasteiger partial charge < -0.3 is 19.5 Å². The molecule has 0 aliphatic carbocycles. The minimum Gasteiger partial charge on any atom is -0.382 e. The number of rotatable bonds is 11. The van der Waals surface area contributed by atoms with E-state index in [4.69, 9.17) is 14.2 Å². The molecule has 19 heavy (non-hydrogen) atoms. The molecule has 0 spiro atoms. The summed E-state index contributed by atoms with van der Waals surface area (Å²) >= 11 is 0. The van der Waals surface area contributed by atoms with E-state index in [0.717, 1.165) is 13.0 Å². The van der Waals surface area contributed by atoms with Crippen LogP contribution in [-0.4, -0.2) is 47.1 Å². The Labute approximate surface area is 116 Å². The maximum absolute atomic E-state index is 5.54. The van der Waals surface area contributed by atoms with Crippen LogP contribution in [0.4, 0.5) is 0 Å². The molecule has 1 N–H and O–H groups in total. The van der Waals surface area contributed by atoms with Crippen molar-refractivity contribution in [2.24, 2.45) is 0 Å². The Morgan fingerprint density at radius 2 is 1.53 bits per heavy atom. The van der Waals surface area contributed by atoms with Crippen molar-refractivity contribution in [3.05, 3.63) is 35.4 Å². The molecule has 0 aliphatic rings. The zero-order valence-electron chi connectivity index (χ0n) is 12.0. The van der Waals surface area contributed by atoms with Crippen LogP contribution >= 0.6 is 0 Å². The second-order valence-electron chi connectivity index (χ2n) is 4.33. The lowest BCUT2D eigenvalue weighted by atomic mass is 10.1. The Kier molecular flexibility index (Phi) is 9.27. The van der Waals surface area contributed by atoms with Gasteiger partial charge in [-0.2, -0.15) is 0 Å². The third kappa shape index (κ3) is 7.95. The van der Waals surface area contributed by atoms with Crippen molar-refractivity contribution in [2.45, 2.75) is 13.0 Å². The summed E-state index contributed by atoms with van der Waals surface area (Å²) in [5, 5.41) is 3.15. The van der Waals surface area contributed by atoms with E-state index in [1.807, 2.05) is 7.05 Å². The van der Waals surface area contributed by atoms with Crippen molar-refractivity contribution in [3.63, 3.8) is 0 Å². The molecule has 0 atom stereocenters. The molecule has 1 aromatic rings. The maximum atomic E-state index is 5.54. The number of benzene rings is 1. The highest BCUT2D eigenvalue weighted by atomic mass is 16.5. The molecule has 0 unspecified atom stereocenters. The standard InChI is InChI=1S/C15H25NO3/c1-16-8-7-14-3-5-15(6-4-14)13-19-12-11-18-10-9-17-2/h3-6,16H,7-13H2,1-2H3. The first-order valence-electron chi connectivity index (χ1n) is 6.73. The van der Waals surface area contributed by atoms with Gasteiger partial charge in [0.2, 0.25) is 0 Å². The first-order chi connectivity index (χ1) is 9.36. The van der Waals surface area contributed by atoms with Gasteiger partial charge in [-0.1, -0.05) is 24.3 Å². The summed E-state index contributed by atoms with van der Waals surface area (Å²) < 4.78 is 15.7. The predicted octanol–water partition coefficient (Wildman–Crippen LogP) is 1.63. The van der Waals surface area contributed by atoms with Crippen LogP contribution in [0.3, 0.4) is 0 Å². The molecule has 0 aromatic heterocycles. The lowest BCUT2D eigenvalue weighted by Gasteiger charge is -2.06. The normalized spacial score (nSPS) is 10.8. The number of hydrogen-bond acceptors (Lipinski definition) is 4. The van der Waals surface area contributed by atoms with Crippen molar-refractivity contribution < 1.29 is 14.2 Å². The third-order valence-electron chi connectivity index (χ3n) is 2.76. The van der Waals surface area contributed by atoms with Crippen molar-refractivity contribution >= 4 is 0 Å². The second-order valence-corrected chi connectivity index (χ2v) is 4.33. The van der Waals surface area contributed by atoms with Crippen molar-refractivity contribution in [2.75, 3.05) is 47.1 Å². The van der Waals surface area contributed by atoms with E-state index < -0.39 is 0 Å². The lowest BCUT2D eigenvalue weighted by Crippen LogP contribution is -2.10. The molecule has 0 radical (unpaired) electrons. The summed E-state index contributed by atoms with van der Waals surface area (Å²) in [6.45, 7) is 4.14. The van der Waals surface area contributed by atoms with Crippen molar-refractivity contribution in [1.82, 2.24) is 5.32 Å². The molecule has 0 bridgehead atoms. The zero-order chi connectivity index (χ0) is 13.8. The van der Waals surface area contributed by atoms with Crippen LogP contribution < -0.4 is 5.32 Å². The summed E-state index contributed by atoms with van der Waals surface area (Å²) in [7, 11) is 3.64. The van der Waals surface area contributed by atoms with Gasteiger partial charge in [0.1, 0.15) is 0 Å². The van der Waals surface area contributed by atoms with Crippen LogP contribution in [-0.2, 0) is 27.2 Å². The van der Waals surface area contributed by atoms with Gasteiger partial charge in [-0.05, 0) is 31.1 Å². The highest BCUT2D eigenvalue weighted by Crippen LogP contribution is 2.06. The van der Waals surface area contributed by atoms with E-state index in [0.29, 0.717) is 33.0 Å². The minimum atomic E-state index is 0.615. The van der Waals surface area contributed by atoms with Crippen LogP contribution in [0.25, 0.3) is 0 Å². The van der Waals surface area contributed by atoms with E-state index >= 15 is 0 Å². The van der Waals surface area contributed by atoms with E-state index in [9.17, 15) is 0 Å². The van der Waals surface area contributed by atoms with E-state index in [-0.39, 0.29) is 0 Å². The Balaban J connectivity index is 2.09. The Morgan fingerprint density at radius 1 is 0.895 bits per heavy atom. The van der Waals surface area contributed by atoms with Crippen molar-refractivity contribution in [1.29, 1.82) is 0 Å². The summed E-state index contributed by atoms with van der Waals surface area (Å²) in [5.41, 5.74) is 2.55. The average Bonchev–Trinajstić information content (AvgIpc) is 2.45. The van der Waals surface area contributed by atoms with Crippen LogP contribution in [0.5, 0.6) is 0 Å². The molecule has 0 saturated heterocycles. The fourth-order valence-corrected chi connectivity index (χ4v) is 1.62. The Hall–Kier alpha value is -0.940. The average molecular weight is 267 g/mol.